The minimum absolute atomic E-state index is 0.171. The van der Waals surface area contributed by atoms with Crippen molar-refractivity contribution in [3.05, 3.63) is 34.9 Å². The molecule has 0 saturated carbocycles. The van der Waals surface area contributed by atoms with Crippen LogP contribution in [0.2, 0.25) is 0 Å². The SMILES string of the molecule is O=C(O)c1cccc(CCl)c1CCl. The molecule has 0 amide bonds. The smallest absolute Gasteiger partial charge is 0.336 e. The Balaban J connectivity index is 3.27. The second-order valence-corrected chi connectivity index (χ2v) is 3.05. The van der Waals surface area contributed by atoms with Gasteiger partial charge in [0, 0.05) is 11.8 Å². The molecule has 0 unspecified atom stereocenters. The summed E-state index contributed by atoms with van der Waals surface area (Å²) in [5, 5.41) is 8.81. The average molecular weight is 219 g/mol. The van der Waals surface area contributed by atoms with Crippen molar-refractivity contribution in [3.8, 4) is 0 Å². The van der Waals surface area contributed by atoms with Gasteiger partial charge in [-0.1, -0.05) is 12.1 Å². The van der Waals surface area contributed by atoms with E-state index in [-0.39, 0.29) is 17.3 Å². The predicted octanol–water partition coefficient (Wildman–Crippen LogP) is 2.86. The largest absolute Gasteiger partial charge is 0.478 e. The molecule has 0 aliphatic rings. The summed E-state index contributed by atoms with van der Waals surface area (Å²) in [5.41, 5.74) is 1.61. The first-order chi connectivity index (χ1) is 6.20. The van der Waals surface area contributed by atoms with Crippen LogP contribution in [0.1, 0.15) is 21.5 Å². The van der Waals surface area contributed by atoms with E-state index >= 15 is 0 Å². The summed E-state index contributed by atoms with van der Waals surface area (Å²) < 4.78 is 0. The van der Waals surface area contributed by atoms with Crippen LogP contribution >= 0.6 is 23.2 Å². The first kappa shape index (κ1) is 10.4. The molecule has 2 nitrogen and oxygen atoms in total. The van der Waals surface area contributed by atoms with Crippen molar-refractivity contribution in [2.75, 3.05) is 0 Å². The van der Waals surface area contributed by atoms with Crippen LogP contribution in [0, 0.1) is 0 Å². The Morgan fingerprint density at radius 3 is 2.46 bits per heavy atom. The molecule has 1 N–H and O–H groups in total. The summed E-state index contributed by atoms with van der Waals surface area (Å²) in [6.07, 6.45) is 0. The molecule has 0 atom stereocenters. The molecular formula is C9H8Cl2O2. The molecule has 0 radical (unpaired) electrons. The minimum Gasteiger partial charge on any atom is -0.478 e. The number of halogens is 2. The molecule has 0 aliphatic heterocycles. The highest BCUT2D eigenvalue weighted by Gasteiger charge is 2.11. The minimum atomic E-state index is -0.970. The molecule has 1 aromatic carbocycles. The average Bonchev–Trinajstić information content (AvgIpc) is 2.16. The number of hydrogen-bond acceptors (Lipinski definition) is 1. The van der Waals surface area contributed by atoms with Gasteiger partial charge in [-0.2, -0.15) is 0 Å². The first-order valence-corrected chi connectivity index (χ1v) is 4.73. The number of hydrogen-bond donors (Lipinski definition) is 1. The van der Waals surface area contributed by atoms with E-state index in [1.807, 2.05) is 0 Å². The van der Waals surface area contributed by atoms with Crippen molar-refractivity contribution in [2.45, 2.75) is 11.8 Å². The molecule has 0 fully saturated rings. The topological polar surface area (TPSA) is 37.3 Å². The van der Waals surface area contributed by atoms with Gasteiger partial charge in [0.05, 0.1) is 5.56 Å². The van der Waals surface area contributed by atoms with Crippen LogP contribution in [0.4, 0.5) is 0 Å². The van der Waals surface area contributed by atoms with Gasteiger partial charge in [-0.3, -0.25) is 0 Å². The molecule has 0 heterocycles. The Labute approximate surface area is 86.1 Å². The Kier molecular flexibility index (Phi) is 3.58. The first-order valence-electron chi connectivity index (χ1n) is 3.66. The number of carboxylic acids is 1. The molecule has 4 heteroatoms. The second kappa shape index (κ2) is 4.49. The van der Waals surface area contributed by atoms with Crippen LogP contribution in [-0.2, 0) is 11.8 Å². The Hall–Kier alpha value is -0.730. The van der Waals surface area contributed by atoms with Crippen molar-refractivity contribution in [1.82, 2.24) is 0 Å². The molecule has 0 spiro atoms. The lowest BCUT2D eigenvalue weighted by Crippen LogP contribution is -2.03. The van der Waals surface area contributed by atoms with E-state index in [4.69, 9.17) is 28.3 Å². The van der Waals surface area contributed by atoms with Gasteiger partial charge >= 0.3 is 5.97 Å². The molecule has 1 aromatic rings. The molecule has 70 valence electrons. The van der Waals surface area contributed by atoms with Gasteiger partial charge in [-0.15, -0.1) is 23.2 Å². The van der Waals surface area contributed by atoms with Gasteiger partial charge in [-0.25, -0.2) is 4.79 Å². The van der Waals surface area contributed by atoms with E-state index in [1.165, 1.54) is 6.07 Å². The zero-order chi connectivity index (χ0) is 9.84. The lowest BCUT2D eigenvalue weighted by Gasteiger charge is -2.06. The number of aromatic carboxylic acids is 1. The van der Waals surface area contributed by atoms with Crippen molar-refractivity contribution >= 4 is 29.2 Å². The van der Waals surface area contributed by atoms with Crippen LogP contribution in [0.15, 0.2) is 18.2 Å². The Morgan fingerprint density at radius 2 is 2.00 bits per heavy atom. The number of benzene rings is 1. The predicted molar refractivity (Wildman–Crippen MR) is 52.5 cm³/mol. The third-order valence-corrected chi connectivity index (χ3v) is 2.34. The fourth-order valence-corrected chi connectivity index (χ4v) is 1.68. The zero-order valence-corrected chi connectivity index (χ0v) is 8.27. The summed E-state index contributed by atoms with van der Waals surface area (Å²) in [7, 11) is 0. The van der Waals surface area contributed by atoms with Crippen LogP contribution in [0.3, 0.4) is 0 Å². The van der Waals surface area contributed by atoms with E-state index < -0.39 is 5.97 Å². The summed E-state index contributed by atoms with van der Waals surface area (Å²) in [6, 6.07) is 4.96. The number of rotatable bonds is 3. The van der Waals surface area contributed by atoms with Gasteiger partial charge in [-0.05, 0) is 17.2 Å². The zero-order valence-electron chi connectivity index (χ0n) is 6.76. The standard InChI is InChI=1S/C9H8Cl2O2/c10-4-6-2-1-3-7(9(12)13)8(6)5-11/h1-3H,4-5H2,(H,12,13). The third-order valence-electron chi connectivity index (χ3n) is 1.78. The molecule has 0 aromatic heterocycles. The monoisotopic (exact) mass is 218 g/mol. The maximum Gasteiger partial charge on any atom is 0.336 e. The van der Waals surface area contributed by atoms with E-state index in [0.29, 0.717) is 5.56 Å². The quantitative estimate of drug-likeness (QED) is 0.793. The van der Waals surface area contributed by atoms with Crippen molar-refractivity contribution < 1.29 is 9.90 Å². The van der Waals surface area contributed by atoms with E-state index in [0.717, 1.165) is 5.56 Å². The fourth-order valence-electron chi connectivity index (χ4n) is 1.12. The molecule has 0 aliphatic carbocycles. The van der Waals surface area contributed by atoms with E-state index in [2.05, 4.69) is 0 Å². The highest BCUT2D eigenvalue weighted by molar-refractivity contribution is 6.19. The molecular weight excluding hydrogens is 211 g/mol. The summed E-state index contributed by atoms with van der Waals surface area (Å²) in [6.45, 7) is 0. The van der Waals surface area contributed by atoms with Crippen LogP contribution in [-0.4, -0.2) is 11.1 Å². The van der Waals surface area contributed by atoms with Gasteiger partial charge in [0.1, 0.15) is 0 Å². The lowest BCUT2D eigenvalue weighted by atomic mass is 10.0. The van der Waals surface area contributed by atoms with Crippen molar-refractivity contribution in [1.29, 1.82) is 0 Å². The normalized spacial score (nSPS) is 10.0. The number of alkyl halides is 2. The summed E-state index contributed by atoms with van der Waals surface area (Å²) in [5.74, 6) is -0.518. The van der Waals surface area contributed by atoms with Crippen LogP contribution in [0.5, 0.6) is 0 Å². The van der Waals surface area contributed by atoms with Gasteiger partial charge < -0.3 is 5.11 Å². The van der Waals surface area contributed by atoms with Gasteiger partial charge in [0.2, 0.25) is 0 Å². The van der Waals surface area contributed by atoms with E-state index in [9.17, 15) is 4.79 Å². The van der Waals surface area contributed by atoms with Gasteiger partial charge in [0.25, 0.3) is 0 Å². The Bertz CT molecular complexity index is 323. The summed E-state index contributed by atoms with van der Waals surface area (Å²) in [4.78, 5) is 10.7. The highest BCUT2D eigenvalue weighted by Crippen LogP contribution is 2.19. The second-order valence-electron chi connectivity index (χ2n) is 2.52. The molecule has 0 saturated heterocycles. The maximum atomic E-state index is 10.7. The summed E-state index contributed by atoms with van der Waals surface area (Å²) >= 11 is 11.3. The highest BCUT2D eigenvalue weighted by atomic mass is 35.5. The fraction of sp³-hybridized carbons (Fsp3) is 0.222. The maximum absolute atomic E-state index is 10.7. The Morgan fingerprint density at radius 1 is 1.31 bits per heavy atom. The third kappa shape index (κ3) is 2.14. The molecule has 0 bridgehead atoms. The van der Waals surface area contributed by atoms with Crippen molar-refractivity contribution in [2.24, 2.45) is 0 Å². The van der Waals surface area contributed by atoms with Crippen LogP contribution < -0.4 is 0 Å². The van der Waals surface area contributed by atoms with Crippen molar-refractivity contribution in [3.63, 3.8) is 0 Å². The van der Waals surface area contributed by atoms with Gasteiger partial charge in [0.15, 0.2) is 0 Å². The number of carboxylic acid groups (broad SMARTS) is 1. The molecule has 13 heavy (non-hydrogen) atoms. The van der Waals surface area contributed by atoms with E-state index in [1.54, 1.807) is 12.1 Å². The van der Waals surface area contributed by atoms with Crippen LogP contribution in [0.25, 0.3) is 0 Å². The lowest BCUT2D eigenvalue weighted by molar-refractivity contribution is 0.0696. The molecule has 1 rings (SSSR count). The number of carbonyl (C=O) groups is 1.